The van der Waals surface area contributed by atoms with Gasteiger partial charge in [0.25, 0.3) is 0 Å². The van der Waals surface area contributed by atoms with Crippen LogP contribution in [0, 0.1) is 0 Å². The van der Waals surface area contributed by atoms with E-state index in [1.54, 1.807) is 12.4 Å². The molecule has 1 spiro atoms. The number of carbonyl (C=O) groups excluding carboxylic acids is 1. The van der Waals surface area contributed by atoms with Crippen molar-refractivity contribution in [3.63, 3.8) is 0 Å². The summed E-state index contributed by atoms with van der Waals surface area (Å²) in [6.07, 6.45) is 11.4. The largest absolute Gasteiger partial charge is 0.373 e. The molecule has 3 aliphatic rings. The normalized spacial score (nSPS) is 29.8. The molecule has 0 bridgehead atoms. The lowest BCUT2D eigenvalue weighted by Gasteiger charge is -2.38. The van der Waals surface area contributed by atoms with Crippen LogP contribution in [0.15, 0.2) is 30.1 Å². The summed E-state index contributed by atoms with van der Waals surface area (Å²) < 4.78 is 6.14. The number of carbonyl (C=O) groups is 1. The fraction of sp³-hybridized carbons (Fsp3) is 0.611. The van der Waals surface area contributed by atoms with Gasteiger partial charge < -0.3 is 15.0 Å². The van der Waals surface area contributed by atoms with Crippen molar-refractivity contribution in [3.8, 4) is 0 Å². The molecule has 128 valence electrons. The fourth-order valence-electron chi connectivity index (χ4n) is 4.08. The predicted molar refractivity (Wildman–Crippen MR) is 90.5 cm³/mol. The van der Waals surface area contributed by atoms with Gasteiger partial charge in [-0.05, 0) is 44.6 Å². The summed E-state index contributed by atoms with van der Waals surface area (Å²) >= 11 is 0. The van der Waals surface area contributed by atoms with Crippen LogP contribution in [-0.4, -0.2) is 52.1 Å². The standard InChI is InChI=1S/C18H24N4O2/c23-16(14-4-1-2-5-14)22-10-7-18(13-22)12-15(6-11-24-18)21-17-19-8-3-9-20-17/h3-4,8-9,15H,1-2,5-7,10-13H2,(H,19,20,21)/t15-,18-/m1/s1. The third kappa shape index (κ3) is 3.15. The van der Waals surface area contributed by atoms with Gasteiger partial charge in [0, 0.05) is 37.2 Å². The van der Waals surface area contributed by atoms with E-state index >= 15 is 0 Å². The van der Waals surface area contributed by atoms with Gasteiger partial charge in [0.15, 0.2) is 0 Å². The van der Waals surface area contributed by atoms with Gasteiger partial charge in [-0.2, -0.15) is 0 Å². The molecule has 6 heteroatoms. The molecule has 1 aromatic rings. The average Bonchev–Trinajstić information content (AvgIpc) is 3.26. The first-order valence-corrected chi connectivity index (χ1v) is 8.90. The molecule has 2 atom stereocenters. The van der Waals surface area contributed by atoms with E-state index in [0.29, 0.717) is 18.5 Å². The first-order valence-electron chi connectivity index (χ1n) is 8.90. The number of ether oxygens (including phenoxy) is 1. The Kier molecular flexibility index (Phi) is 4.22. The summed E-state index contributed by atoms with van der Waals surface area (Å²) in [7, 11) is 0. The number of aromatic nitrogens is 2. The zero-order valence-electron chi connectivity index (χ0n) is 13.9. The van der Waals surface area contributed by atoms with Crippen molar-refractivity contribution in [1.29, 1.82) is 0 Å². The number of rotatable bonds is 3. The summed E-state index contributed by atoms with van der Waals surface area (Å²) in [4.78, 5) is 23.1. The molecule has 0 unspecified atom stereocenters. The number of nitrogens with zero attached hydrogens (tertiary/aromatic N) is 3. The minimum Gasteiger partial charge on any atom is -0.373 e. The second kappa shape index (κ2) is 6.51. The Labute approximate surface area is 142 Å². The smallest absolute Gasteiger partial charge is 0.249 e. The van der Waals surface area contributed by atoms with E-state index in [9.17, 15) is 4.79 Å². The van der Waals surface area contributed by atoms with Crippen LogP contribution in [0.1, 0.15) is 38.5 Å². The van der Waals surface area contributed by atoms with Crippen LogP contribution < -0.4 is 5.32 Å². The minimum atomic E-state index is -0.209. The van der Waals surface area contributed by atoms with Gasteiger partial charge in [-0.1, -0.05) is 6.08 Å². The molecular formula is C18H24N4O2. The van der Waals surface area contributed by atoms with Crippen LogP contribution in [0.2, 0.25) is 0 Å². The highest BCUT2D eigenvalue weighted by Gasteiger charge is 2.45. The van der Waals surface area contributed by atoms with E-state index in [4.69, 9.17) is 4.74 Å². The zero-order valence-corrected chi connectivity index (χ0v) is 13.9. The molecule has 2 fully saturated rings. The Morgan fingerprint density at radius 3 is 3.04 bits per heavy atom. The maximum absolute atomic E-state index is 12.6. The monoisotopic (exact) mass is 328 g/mol. The van der Waals surface area contributed by atoms with Gasteiger partial charge in [0.05, 0.1) is 12.1 Å². The highest BCUT2D eigenvalue weighted by molar-refractivity contribution is 5.94. The Morgan fingerprint density at radius 1 is 1.38 bits per heavy atom. The number of likely N-dealkylation sites (tertiary alicyclic amines) is 1. The summed E-state index contributed by atoms with van der Waals surface area (Å²) in [6.45, 7) is 2.22. The number of allylic oxidation sites excluding steroid dienone is 1. The van der Waals surface area contributed by atoms with E-state index in [1.807, 2.05) is 11.0 Å². The number of amides is 1. The van der Waals surface area contributed by atoms with Crippen molar-refractivity contribution >= 4 is 11.9 Å². The molecule has 4 rings (SSSR count). The van der Waals surface area contributed by atoms with E-state index in [1.165, 1.54) is 0 Å². The molecule has 1 N–H and O–H groups in total. The summed E-state index contributed by atoms with van der Waals surface area (Å²) in [5.41, 5.74) is 0.787. The lowest BCUT2D eigenvalue weighted by Crippen LogP contribution is -2.47. The van der Waals surface area contributed by atoms with E-state index in [0.717, 1.165) is 57.2 Å². The number of hydrogen-bond acceptors (Lipinski definition) is 5. The molecule has 2 aliphatic heterocycles. The third-order valence-electron chi connectivity index (χ3n) is 5.31. The molecule has 0 aromatic carbocycles. The SMILES string of the molecule is O=C(C1=CCCC1)N1CC[C@@]2(C[C@H](Nc3ncccn3)CCO2)C1. The lowest BCUT2D eigenvalue weighted by atomic mass is 9.89. The average molecular weight is 328 g/mol. The fourth-order valence-corrected chi connectivity index (χ4v) is 4.08. The lowest BCUT2D eigenvalue weighted by molar-refractivity contribution is -0.129. The van der Waals surface area contributed by atoms with Gasteiger partial charge in [-0.3, -0.25) is 4.79 Å². The molecule has 0 saturated carbocycles. The quantitative estimate of drug-likeness (QED) is 0.921. The van der Waals surface area contributed by atoms with Crippen molar-refractivity contribution in [1.82, 2.24) is 14.9 Å². The number of hydrogen-bond donors (Lipinski definition) is 1. The highest BCUT2D eigenvalue weighted by Crippen LogP contribution is 2.36. The third-order valence-corrected chi connectivity index (χ3v) is 5.31. The molecule has 6 nitrogen and oxygen atoms in total. The molecular weight excluding hydrogens is 304 g/mol. The Bertz CT molecular complexity index is 633. The number of anilines is 1. The first-order chi connectivity index (χ1) is 11.7. The van der Waals surface area contributed by atoms with Crippen LogP contribution in [0.3, 0.4) is 0 Å². The topological polar surface area (TPSA) is 67.4 Å². The summed E-state index contributed by atoms with van der Waals surface area (Å²) in [5, 5.41) is 3.41. The molecule has 1 aliphatic carbocycles. The minimum absolute atomic E-state index is 0.209. The van der Waals surface area contributed by atoms with Gasteiger partial charge in [0.1, 0.15) is 0 Å². The predicted octanol–water partition coefficient (Wildman–Crippen LogP) is 2.15. The van der Waals surface area contributed by atoms with Crippen molar-refractivity contribution < 1.29 is 9.53 Å². The maximum Gasteiger partial charge on any atom is 0.249 e. The number of nitrogens with one attached hydrogen (secondary N) is 1. The van der Waals surface area contributed by atoms with Crippen LogP contribution in [0.5, 0.6) is 0 Å². The van der Waals surface area contributed by atoms with Gasteiger partial charge in [-0.15, -0.1) is 0 Å². The Morgan fingerprint density at radius 2 is 2.25 bits per heavy atom. The van der Waals surface area contributed by atoms with E-state index in [2.05, 4.69) is 21.4 Å². The van der Waals surface area contributed by atoms with Crippen molar-refractivity contribution in [2.24, 2.45) is 0 Å². The van der Waals surface area contributed by atoms with Gasteiger partial charge in [0.2, 0.25) is 11.9 Å². The van der Waals surface area contributed by atoms with Crippen LogP contribution in [0.4, 0.5) is 5.95 Å². The molecule has 3 heterocycles. The first kappa shape index (κ1) is 15.6. The molecule has 1 aromatic heterocycles. The summed E-state index contributed by atoms with van der Waals surface area (Å²) in [6, 6.07) is 2.11. The Balaban J connectivity index is 1.39. The van der Waals surface area contributed by atoms with Crippen LogP contribution in [0.25, 0.3) is 0 Å². The van der Waals surface area contributed by atoms with Gasteiger partial charge in [-0.25, -0.2) is 9.97 Å². The highest BCUT2D eigenvalue weighted by atomic mass is 16.5. The maximum atomic E-state index is 12.6. The molecule has 0 radical (unpaired) electrons. The second-order valence-corrected chi connectivity index (χ2v) is 7.04. The van der Waals surface area contributed by atoms with Crippen molar-refractivity contribution in [3.05, 3.63) is 30.1 Å². The molecule has 2 saturated heterocycles. The van der Waals surface area contributed by atoms with Gasteiger partial charge >= 0.3 is 0 Å². The van der Waals surface area contributed by atoms with Crippen LogP contribution >= 0.6 is 0 Å². The Hall–Kier alpha value is -1.95. The van der Waals surface area contributed by atoms with Crippen molar-refractivity contribution in [2.45, 2.75) is 50.2 Å². The van der Waals surface area contributed by atoms with Crippen LogP contribution in [-0.2, 0) is 9.53 Å². The van der Waals surface area contributed by atoms with E-state index < -0.39 is 0 Å². The molecule has 24 heavy (non-hydrogen) atoms. The molecule has 1 amide bonds. The second-order valence-electron chi connectivity index (χ2n) is 7.04. The zero-order chi connectivity index (χ0) is 16.4. The van der Waals surface area contributed by atoms with Crippen molar-refractivity contribution in [2.75, 3.05) is 25.0 Å². The summed E-state index contributed by atoms with van der Waals surface area (Å²) in [5.74, 6) is 0.885. The van der Waals surface area contributed by atoms with E-state index in [-0.39, 0.29) is 11.5 Å².